The van der Waals surface area contributed by atoms with Crippen LogP contribution in [0.25, 0.3) is 0 Å². The molecule has 0 rings (SSSR count). The van der Waals surface area contributed by atoms with Gasteiger partial charge in [-0.3, -0.25) is 0 Å². The number of rotatable bonds is 4. The zero-order valence-corrected chi connectivity index (χ0v) is 8.87. The maximum absolute atomic E-state index is 11.2. The highest BCUT2D eigenvalue weighted by atomic mass is 16.6. The second-order valence-corrected chi connectivity index (χ2v) is 3.40. The molecule has 2 atom stereocenters. The fourth-order valence-corrected chi connectivity index (χ4v) is 0.733. The third-order valence-corrected chi connectivity index (χ3v) is 2.07. The van der Waals surface area contributed by atoms with Gasteiger partial charge in [-0.05, 0) is 12.8 Å². The van der Waals surface area contributed by atoms with Crippen LogP contribution in [0.2, 0.25) is 0 Å². The Morgan fingerprint density at radius 2 is 2.00 bits per heavy atom. The van der Waals surface area contributed by atoms with Crippen LogP contribution in [0.4, 0.5) is 0 Å². The molecule has 0 radical (unpaired) electrons. The molecule has 0 saturated carbocycles. The van der Waals surface area contributed by atoms with E-state index in [1.54, 1.807) is 0 Å². The van der Waals surface area contributed by atoms with Gasteiger partial charge in [-0.25, -0.2) is 9.59 Å². The molecule has 0 aromatic heterocycles. The molecule has 14 heavy (non-hydrogen) atoms. The molecule has 4 nitrogen and oxygen atoms in total. The van der Waals surface area contributed by atoms with E-state index in [-0.39, 0.29) is 11.5 Å². The lowest BCUT2D eigenvalue weighted by Gasteiger charge is -2.15. The second kappa shape index (κ2) is 5.54. The SMILES string of the molecule is C=C(C)C(=O)OC(=O)[C@@H](N)[C@@H](C)CC. The fraction of sp³-hybridized carbons (Fsp3) is 0.600. The van der Waals surface area contributed by atoms with Crippen molar-refractivity contribution in [1.82, 2.24) is 0 Å². The van der Waals surface area contributed by atoms with Crippen molar-refractivity contribution in [3.63, 3.8) is 0 Å². The zero-order chi connectivity index (χ0) is 11.3. The van der Waals surface area contributed by atoms with Crippen LogP contribution in [0, 0.1) is 5.92 Å². The van der Waals surface area contributed by atoms with Gasteiger partial charge in [0.1, 0.15) is 6.04 Å². The van der Waals surface area contributed by atoms with Crippen LogP contribution in [0.1, 0.15) is 27.2 Å². The first-order valence-electron chi connectivity index (χ1n) is 4.57. The summed E-state index contributed by atoms with van der Waals surface area (Å²) in [5.41, 5.74) is 5.75. The van der Waals surface area contributed by atoms with E-state index in [0.717, 1.165) is 6.42 Å². The van der Waals surface area contributed by atoms with E-state index in [4.69, 9.17) is 5.73 Å². The average Bonchev–Trinajstić information content (AvgIpc) is 2.14. The summed E-state index contributed by atoms with van der Waals surface area (Å²) < 4.78 is 4.49. The van der Waals surface area contributed by atoms with Crippen LogP contribution in [0.15, 0.2) is 12.2 Å². The molecule has 0 aliphatic carbocycles. The monoisotopic (exact) mass is 199 g/mol. The van der Waals surface area contributed by atoms with Gasteiger partial charge in [0.25, 0.3) is 0 Å². The van der Waals surface area contributed by atoms with Crippen molar-refractivity contribution in [2.75, 3.05) is 0 Å². The normalized spacial score (nSPS) is 14.3. The van der Waals surface area contributed by atoms with Crippen molar-refractivity contribution in [3.8, 4) is 0 Å². The third kappa shape index (κ3) is 3.70. The average molecular weight is 199 g/mol. The lowest BCUT2D eigenvalue weighted by Crippen LogP contribution is -2.39. The lowest BCUT2D eigenvalue weighted by atomic mass is 10.0. The van der Waals surface area contributed by atoms with Crippen molar-refractivity contribution in [2.45, 2.75) is 33.2 Å². The topological polar surface area (TPSA) is 69.4 Å². The summed E-state index contributed by atoms with van der Waals surface area (Å²) >= 11 is 0. The highest BCUT2D eigenvalue weighted by molar-refractivity contribution is 5.96. The Balaban J connectivity index is 4.21. The minimum atomic E-state index is -0.747. The molecule has 0 bridgehead atoms. The molecular weight excluding hydrogens is 182 g/mol. The summed E-state index contributed by atoms with van der Waals surface area (Å²) in [5, 5.41) is 0. The molecule has 80 valence electrons. The first-order valence-corrected chi connectivity index (χ1v) is 4.57. The summed E-state index contributed by atoms with van der Waals surface area (Å²) in [7, 11) is 0. The van der Waals surface area contributed by atoms with Crippen LogP contribution >= 0.6 is 0 Å². The second-order valence-electron chi connectivity index (χ2n) is 3.40. The number of ether oxygens (including phenoxy) is 1. The lowest BCUT2D eigenvalue weighted by molar-refractivity contribution is -0.158. The van der Waals surface area contributed by atoms with E-state index in [1.807, 2.05) is 13.8 Å². The third-order valence-electron chi connectivity index (χ3n) is 2.07. The Morgan fingerprint density at radius 1 is 1.50 bits per heavy atom. The minimum absolute atomic E-state index is 0.000390. The van der Waals surface area contributed by atoms with E-state index in [0.29, 0.717) is 0 Å². The van der Waals surface area contributed by atoms with Crippen LogP contribution in [-0.2, 0) is 14.3 Å². The molecule has 0 aromatic rings. The predicted octanol–water partition coefficient (Wildman–Crippen LogP) is 1.01. The Labute approximate surface area is 84.1 Å². The van der Waals surface area contributed by atoms with Gasteiger partial charge in [0.15, 0.2) is 0 Å². The van der Waals surface area contributed by atoms with Crippen LogP contribution in [0.5, 0.6) is 0 Å². The van der Waals surface area contributed by atoms with Gasteiger partial charge in [0, 0.05) is 5.57 Å². The molecule has 0 unspecified atom stereocenters. The van der Waals surface area contributed by atoms with Crippen molar-refractivity contribution in [2.24, 2.45) is 11.7 Å². The molecular formula is C10H17NO3. The molecule has 0 aromatic carbocycles. The summed E-state index contributed by atoms with van der Waals surface area (Å²) in [6, 6.07) is -0.747. The summed E-state index contributed by atoms with van der Waals surface area (Å²) in [5.74, 6) is -1.40. The first-order chi connectivity index (χ1) is 6.40. The predicted molar refractivity (Wildman–Crippen MR) is 53.3 cm³/mol. The Bertz CT molecular complexity index is 248. The molecule has 0 aliphatic rings. The first kappa shape index (κ1) is 12.8. The van der Waals surface area contributed by atoms with E-state index < -0.39 is 18.0 Å². The Kier molecular flexibility index (Phi) is 5.09. The zero-order valence-electron chi connectivity index (χ0n) is 8.87. The molecule has 0 heterocycles. The number of hydrogen-bond acceptors (Lipinski definition) is 4. The molecule has 4 heteroatoms. The van der Waals surface area contributed by atoms with Crippen LogP contribution < -0.4 is 5.73 Å². The largest absolute Gasteiger partial charge is 0.389 e. The molecule has 0 amide bonds. The van der Waals surface area contributed by atoms with E-state index in [1.165, 1.54) is 6.92 Å². The number of esters is 2. The van der Waals surface area contributed by atoms with E-state index >= 15 is 0 Å². The standard InChI is InChI=1S/C10H17NO3/c1-5-7(4)8(11)10(13)14-9(12)6(2)3/h7-8H,2,5,11H2,1,3-4H3/t7-,8-/m0/s1. The van der Waals surface area contributed by atoms with Gasteiger partial charge in [-0.2, -0.15) is 0 Å². The number of carbonyl (C=O) groups excluding carboxylic acids is 2. The highest BCUT2D eigenvalue weighted by Gasteiger charge is 2.23. The fourth-order valence-electron chi connectivity index (χ4n) is 0.733. The van der Waals surface area contributed by atoms with Gasteiger partial charge < -0.3 is 10.5 Å². The Hall–Kier alpha value is -1.16. The quantitative estimate of drug-likeness (QED) is 0.416. The van der Waals surface area contributed by atoms with Crippen molar-refractivity contribution >= 4 is 11.9 Å². The van der Waals surface area contributed by atoms with Crippen molar-refractivity contribution < 1.29 is 14.3 Å². The number of carbonyl (C=O) groups is 2. The summed E-state index contributed by atoms with van der Waals surface area (Å²) in [6.45, 7) is 8.59. The number of nitrogens with two attached hydrogens (primary N) is 1. The van der Waals surface area contributed by atoms with Gasteiger partial charge in [0.2, 0.25) is 0 Å². The smallest absolute Gasteiger partial charge is 0.340 e. The van der Waals surface area contributed by atoms with Gasteiger partial charge in [0.05, 0.1) is 0 Å². The van der Waals surface area contributed by atoms with Crippen molar-refractivity contribution in [3.05, 3.63) is 12.2 Å². The molecule has 0 spiro atoms. The van der Waals surface area contributed by atoms with Gasteiger partial charge >= 0.3 is 11.9 Å². The van der Waals surface area contributed by atoms with Crippen LogP contribution in [-0.4, -0.2) is 18.0 Å². The molecule has 2 N–H and O–H groups in total. The summed E-state index contributed by atoms with van der Waals surface area (Å²) in [6.07, 6.45) is 0.761. The highest BCUT2D eigenvalue weighted by Crippen LogP contribution is 2.07. The van der Waals surface area contributed by atoms with E-state index in [9.17, 15) is 9.59 Å². The molecule has 0 aliphatic heterocycles. The number of hydrogen-bond donors (Lipinski definition) is 1. The van der Waals surface area contributed by atoms with Crippen LogP contribution in [0.3, 0.4) is 0 Å². The van der Waals surface area contributed by atoms with Gasteiger partial charge in [-0.1, -0.05) is 26.8 Å². The maximum atomic E-state index is 11.2. The van der Waals surface area contributed by atoms with Gasteiger partial charge in [-0.15, -0.1) is 0 Å². The summed E-state index contributed by atoms with van der Waals surface area (Å²) in [4.78, 5) is 22.2. The van der Waals surface area contributed by atoms with Crippen molar-refractivity contribution in [1.29, 1.82) is 0 Å². The molecule has 0 saturated heterocycles. The maximum Gasteiger partial charge on any atom is 0.340 e. The minimum Gasteiger partial charge on any atom is -0.389 e. The van der Waals surface area contributed by atoms with E-state index in [2.05, 4.69) is 11.3 Å². The molecule has 0 fully saturated rings. The Morgan fingerprint density at radius 3 is 2.36 bits per heavy atom.